The summed E-state index contributed by atoms with van der Waals surface area (Å²) in [6, 6.07) is 11.7. The summed E-state index contributed by atoms with van der Waals surface area (Å²) in [4.78, 5) is 13.1. The third-order valence-corrected chi connectivity index (χ3v) is 5.62. The Balaban J connectivity index is 1.37. The highest BCUT2D eigenvalue weighted by molar-refractivity contribution is 5.87. The van der Waals surface area contributed by atoms with Gasteiger partial charge >= 0.3 is 0 Å². The number of pyridine rings is 1. The van der Waals surface area contributed by atoms with Crippen molar-refractivity contribution in [2.45, 2.75) is 44.5 Å². The van der Waals surface area contributed by atoms with Crippen LogP contribution >= 0.6 is 0 Å². The summed E-state index contributed by atoms with van der Waals surface area (Å²) in [5.74, 6) is 0.160. The van der Waals surface area contributed by atoms with Crippen LogP contribution in [0.5, 0.6) is 5.75 Å². The topological polar surface area (TPSA) is 104 Å². The third kappa shape index (κ3) is 4.47. The first-order valence-electron chi connectivity index (χ1n) is 10.9. The molecule has 0 aliphatic carbocycles. The number of fused-ring (bicyclic) bond motifs is 2. The Kier molecular flexibility index (Phi) is 5.61. The summed E-state index contributed by atoms with van der Waals surface area (Å²) in [5.41, 5.74) is 1.60. The number of aromatic nitrogens is 4. The molecule has 0 unspecified atom stereocenters. The molecular formula is C24H27N5O4. The van der Waals surface area contributed by atoms with Crippen LogP contribution in [0.4, 0.5) is 5.82 Å². The summed E-state index contributed by atoms with van der Waals surface area (Å²) < 4.78 is 20.3. The molecular weight excluding hydrogens is 422 g/mol. The third-order valence-electron chi connectivity index (χ3n) is 5.62. The first-order chi connectivity index (χ1) is 15.9. The Morgan fingerprint density at radius 2 is 2.09 bits per heavy atom. The Bertz CT molecular complexity index is 1270. The van der Waals surface area contributed by atoms with Gasteiger partial charge in [0.25, 0.3) is 0 Å². The smallest absolute Gasteiger partial charge is 0.162 e. The van der Waals surface area contributed by atoms with Crippen LogP contribution in [0.1, 0.15) is 26.5 Å². The minimum Gasteiger partial charge on any atom is -0.491 e. The van der Waals surface area contributed by atoms with Crippen molar-refractivity contribution in [2.24, 2.45) is 0 Å². The van der Waals surface area contributed by atoms with Crippen molar-refractivity contribution < 1.29 is 19.3 Å². The van der Waals surface area contributed by atoms with E-state index in [0.29, 0.717) is 13.0 Å². The quantitative estimate of drug-likeness (QED) is 0.413. The van der Waals surface area contributed by atoms with Gasteiger partial charge in [-0.25, -0.2) is 9.97 Å². The predicted octanol–water partition coefficient (Wildman–Crippen LogP) is 3.50. The largest absolute Gasteiger partial charge is 0.491 e. The van der Waals surface area contributed by atoms with E-state index in [0.717, 1.165) is 33.5 Å². The van der Waals surface area contributed by atoms with Gasteiger partial charge in [-0.15, -0.1) is 0 Å². The van der Waals surface area contributed by atoms with E-state index in [9.17, 15) is 5.11 Å². The first-order valence-corrected chi connectivity index (χ1v) is 10.9. The van der Waals surface area contributed by atoms with Gasteiger partial charge < -0.3 is 29.2 Å². The average molecular weight is 450 g/mol. The van der Waals surface area contributed by atoms with Gasteiger partial charge in [-0.1, -0.05) is 6.07 Å². The molecule has 3 aromatic heterocycles. The Morgan fingerprint density at radius 3 is 2.91 bits per heavy atom. The Labute approximate surface area is 191 Å². The molecule has 9 nitrogen and oxygen atoms in total. The molecule has 4 heterocycles. The highest BCUT2D eigenvalue weighted by Crippen LogP contribution is 2.36. The van der Waals surface area contributed by atoms with Gasteiger partial charge in [-0.05, 0) is 38.1 Å². The second-order valence-corrected chi connectivity index (χ2v) is 8.59. The molecule has 1 fully saturated rings. The lowest BCUT2D eigenvalue weighted by Gasteiger charge is -2.27. The number of ether oxygens (including phenoxy) is 3. The van der Waals surface area contributed by atoms with Crippen molar-refractivity contribution in [3.8, 4) is 5.75 Å². The van der Waals surface area contributed by atoms with E-state index in [1.165, 1.54) is 6.33 Å². The summed E-state index contributed by atoms with van der Waals surface area (Å²) in [6.07, 6.45) is 4.65. The summed E-state index contributed by atoms with van der Waals surface area (Å²) in [5, 5.41) is 15.3. The molecule has 0 spiro atoms. The number of nitrogens with one attached hydrogen (secondary N) is 1. The van der Waals surface area contributed by atoms with Gasteiger partial charge in [0.1, 0.15) is 36.3 Å². The minimum atomic E-state index is -1.31. The van der Waals surface area contributed by atoms with Crippen LogP contribution in [-0.2, 0) is 9.47 Å². The van der Waals surface area contributed by atoms with Crippen LogP contribution < -0.4 is 10.1 Å². The van der Waals surface area contributed by atoms with Crippen molar-refractivity contribution in [3.63, 3.8) is 0 Å². The van der Waals surface area contributed by atoms with Crippen LogP contribution in [0.2, 0.25) is 0 Å². The lowest BCUT2D eigenvalue weighted by atomic mass is 10.2. The maximum absolute atomic E-state index is 10.3. The minimum absolute atomic E-state index is 0.232. The van der Waals surface area contributed by atoms with Crippen molar-refractivity contribution in [1.82, 2.24) is 19.5 Å². The van der Waals surface area contributed by atoms with Crippen LogP contribution in [0.25, 0.3) is 21.9 Å². The fraction of sp³-hybridized carbons (Fsp3) is 0.375. The number of rotatable bonds is 7. The zero-order valence-corrected chi connectivity index (χ0v) is 18.8. The van der Waals surface area contributed by atoms with Crippen LogP contribution in [0.15, 0.2) is 55.1 Å². The summed E-state index contributed by atoms with van der Waals surface area (Å²) >= 11 is 0. The zero-order chi connectivity index (χ0) is 23.0. The van der Waals surface area contributed by atoms with Gasteiger partial charge in [0.15, 0.2) is 12.0 Å². The molecule has 33 heavy (non-hydrogen) atoms. The standard InChI is InChI=1S/C24H27N5O4/c1-24(2,30)33-20-12-17(13-31-16-7-6-15-5-4-9-26-19(15)11-16)32-23(20)29-10-8-18-21(25-3)27-14-28-22(18)29/h4-11,14,17,20,23,30H,12-13H2,1-3H3,(H,25,27,28)/t17-,20+,23+/m0/s1. The van der Waals surface area contributed by atoms with Gasteiger partial charge in [0.2, 0.25) is 0 Å². The molecule has 3 atom stereocenters. The van der Waals surface area contributed by atoms with Gasteiger partial charge in [0, 0.05) is 37.3 Å². The second-order valence-electron chi connectivity index (χ2n) is 8.59. The molecule has 1 saturated heterocycles. The average Bonchev–Trinajstić information content (AvgIpc) is 3.40. The predicted molar refractivity (Wildman–Crippen MR) is 124 cm³/mol. The van der Waals surface area contributed by atoms with E-state index in [1.807, 2.05) is 54.2 Å². The molecule has 0 radical (unpaired) electrons. The number of hydrogen-bond donors (Lipinski definition) is 2. The molecule has 172 valence electrons. The molecule has 2 N–H and O–H groups in total. The molecule has 9 heteroatoms. The van der Waals surface area contributed by atoms with E-state index in [2.05, 4.69) is 20.3 Å². The molecule has 1 aliphatic heterocycles. The monoisotopic (exact) mass is 449 g/mol. The van der Waals surface area contributed by atoms with Crippen molar-refractivity contribution in [2.75, 3.05) is 19.0 Å². The molecule has 0 bridgehead atoms. The van der Waals surface area contributed by atoms with Crippen LogP contribution in [0, 0.1) is 0 Å². The van der Waals surface area contributed by atoms with E-state index < -0.39 is 12.0 Å². The molecule has 4 aromatic rings. The maximum atomic E-state index is 10.3. The lowest BCUT2D eigenvalue weighted by molar-refractivity contribution is -0.222. The number of nitrogens with zero attached hydrogens (tertiary/aromatic N) is 4. The number of hydrogen-bond acceptors (Lipinski definition) is 8. The van der Waals surface area contributed by atoms with Gasteiger partial charge in [0.05, 0.1) is 17.0 Å². The SMILES string of the molecule is CNc1ncnc2c1ccn2[C@@H]1O[C@H](COc2ccc3cccnc3c2)C[C@H]1OC(C)(C)O. The van der Waals surface area contributed by atoms with Crippen molar-refractivity contribution >= 4 is 27.8 Å². The lowest BCUT2D eigenvalue weighted by Crippen LogP contribution is -2.33. The van der Waals surface area contributed by atoms with Crippen LogP contribution in [0.3, 0.4) is 0 Å². The van der Waals surface area contributed by atoms with Crippen LogP contribution in [-0.4, -0.2) is 56.3 Å². The Hall–Kier alpha value is -3.27. The normalized spacial score (nSPS) is 21.0. The van der Waals surface area contributed by atoms with E-state index in [-0.39, 0.29) is 12.2 Å². The zero-order valence-electron chi connectivity index (χ0n) is 18.8. The number of anilines is 1. The van der Waals surface area contributed by atoms with E-state index in [1.54, 1.807) is 20.0 Å². The molecule has 1 aliphatic rings. The first kappa shape index (κ1) is 21.6. The van der Waals surface area contributed by atoms with Gasteiger partial charge in [-0.3, -0.25) is 4.98 Å². The summed E-state index contributed by atoms with van der Waals surface area (Å²) in [7, 11) is 1.82. The fourth-order valence-electron chi connectivity index (χ4n) is 4.25. The molecule has 0 amide bonds. The Morgan fingerprint density at radius 1 is 1.21 bits per heavy atom. The number of benzene rings is 1. The van der Waals surface area contributed by atoms with Crippen molar-refractivity contribution in [3.05, 3.63) is 55.1 Å². The second kappa shape index (κ2) is 8.58. The van der Waals surface area contributed by atoms with Crippen molar-refractivity contribution in [1.29, 1.82) is 0 Å². The highest BCUT2D eigenvalue weighted by Gasteiger charge is 2.41. The van der Waals surface area contributed by atoms with E-state index in [4.69, 9.17) is 14.2 Å². The number of aliphatic hydroxyl groups is 1. The fourth-order valence-corrected chi connectivity index (χ4v) is 4.25. The summed E-state index contributed by atoms with van der Waals surface area (Å²) in [6.45, 7) is 3.58. The maximum Gasteiger partial charge on any atom is 0.162 e. The highest BCUT2D eigenvalue weighted by atomic mass is 16.7. The molecule has 5 rings (SSSR count). The van der Waals surface area contributed by atoms with Gasteiger partial charge in [-0.2, -0.15) is 0 Å². The molecule has 1 aromatic carbocycles. The van der Waals surface area contributed by atoms with E-state index >= 15 is 0 Å². The molecule has 0 saturated carbocycles.